The Hall–Kier alpha value is -1.42. The number of aromatic nitrogens is 2. The van der Waals surface area contributed by atoms with Crippen LogP contribution in [-0.4, -0.2) is 30.3 Å². The minimum atomic E-state index is -0.253. The zero-order chi connectivity index (χ0) is 16.3. The van der Waals surface area contributed by atoms with Gasteiger partial charge in [-0.15, -0.1) is 10.2 Å². The second kappa shape index (κ2) is 7.23. The number of methoxy groups -OCH3 is 2. The SMILES string of the molecule is COc1cc(I)c(C(=O)Nc2nnc(C(C)C)s2)cc1OC. The van der Waals surface area contributed by atoms with E-state index in [1.165, 1.54) is 18.4 Å². The van der Waals surface area contributed by atoms with E-state index in [4.69, 9.17) is 9.47 Å². The third-order valence-electron chi connectivity index (χ3n) is 2.87. The first-order chi connectivity index (χ1) is 10.5. The van der Waals surface area contributed by atoms with Crippen LogP contribution in [0.25, 0.3) is 0 Å². The molecule has 0 bridgehead atoms. The highest BCUT2D eigenvalue weighted by Crippen LogP contribution is 2.32. The van der Waals surface area contributed by atoms with Gasteiger partial charge in [-0.3, -0.25) is 10.1 Å². The number of carbonyl (C=O) groups is 1. The van der Waals surface area contributed by atoms with Crippen LogP contribution in [0.2, 0.25) is 0 Å². The average Bonchev–Trinajstić information content (AvgIpc) is 2.95. The van der Waals surface area contributed by atoms with Gasteiger partial charge in [-0.2, -0.15) is 0 Å². The van der Waals surface area contributed by atoms with Gasteiger partial charge in [-0.25, -0.2) is 0 Å². The number of benzene rings is 1. The van der Waals surface area contributed by atoms with Crippen molar-refractivity contribution >= 4 is 45.0 Å². The van der Waals surface area contributed by atoms with Gasteiger partial charge in [0.2, 0.25) is 5.13 Å². The molecule has 8 heteroatoms. The summed E-state index contributed by atoms with van der Waals surface area (Å²) in [5.41, 5.74) is 0.500. The van der Waals surface area contributed by atoms with Crippen molar-refractivity contribution in [3.05, 3.63) is 26.3 Å². The van der Waals surface area contributed by atoms with E-state index >= 15 is 0 Å². The fourth-order valence-electron chi connectivity index (χ4n) is 1.71. The van der Waals surface area contributed by atoms with Gasteiger partial charge in [0.15, 0.2) is 11.5 Å². The molecule has 1 aromatic carbocycles. The molecule has 118 valence electrons. The number of rotatable bonds is 5. The molecule has 0 aliphatic rings. The predicted molar refractivity (Wildman–Crippen MR) is 94.2 cm³/mol. The first kappa shape index (κ1) is 16.9. The van der Waals surface area contributed by atoms with Gasteiger partial charge in [-0.1, -0.05) is 25.2 Å². The minimum absolute atomic E-state index is 0.253. The lowest BCUT2D eigenvalue weighted by atomic mass is 10.2. The van der Waals surface area contributed by atoms with Gasteiger partial charge in [0.05, 0.1) is 19.8 Å². The molecule has 0 unspecified atom stereocenters. The Balaban J connectivity index is 2.25. The molecule has 0 radical (unpaired) electrons. The number of anilines is 1. The molecule has 1 N–H and O–H groups in total. The molecule has 0 saturated carbocycles. The van der Waals surface area contributed by atoms with Crippen LogP contribution in [0.15, 0.2) is 12.1 Å². The highest BCUT2D eigenvalue weighted by atomic mass is 127. The molecule has 2 aromatic rings. The van der Waals surface area contributed by atoms with E-state index in [0.717, 1.165) is 8.58 Å². The summed E-state index contributed by atoms with van der Waals surface area (Å²) in [6, 6.07) is 3.41. The second-order valence-corrected chi connectivity index (χ2v) is 6.91. The Morgan fingerprint density at radius 2 is 1.86 bits per heavy atom. The van der Waals surface area contributed by atoms with Gasteiger partial charge < -0.3 is 9.47 Å². The van der Waals surface area contributed by atoms with E-state index in [9.17, 15) is 4.79 Å². The van der Waals surface area contributed by atoms with Gasteiger partial charge in [-0.05, 0) is 34.7 Å². The largest absolute Gasteiger partial charge is 0.493 e. The second-order valence-electron chi connectivity index (χ2n) is 4.74. The number of nitrogens with zero attached hydrogens (tertiary/aromatic N) is 2. The van der Waals surface area contributed by atoms with Crippen LogP contribution in [0.5, 0.6) is 11.5 Å². The van der Waals surface area contributed by atoms with Crippen molar-refractivity contribution in [3.63, 3.8) is 0 Å². The summed E-state index contributed by atoms with van der Waals surface area (Å²) in [6.45, 7) is 4.06. The molecule has 1 amide bonds. The van der Waals surface area contributed by atoms with Crippen molar-refractivity contribution < 1.29 is 14.3 Å². The molecule has 1 heterocycles. The molecule has 2 rings (SSSR count). The molecule has 6 nitrogen and oxygen atoms in total. The summed E-state index contributed by atoms with van der Waals surface area (Å²) < 4.78 is 11.2. The molecule has 0 aliphatic carbocycles. The van der Waals surface area contributed by atoms with E-state index in [2.05, 4.69) is 38.1 Å². The highest BCUT2D eigenvalue weighted by Gasteiger charge is 2.17. The van der Waals surface area contributed by atoms with Gasteiger partial charge in [0, 0.05) is 9.49 Å². The van der Waals surface area contributed by atoms with Crippen LogP contribution in [0.3, 0.4) is 0 Å². The van der Waals surface area contributed by atoms with E-state index in [0.29, 0.717) is 22.2 Å². The van der Waals surface area contributed by atoms with E-state index in [-0.39, 0.29) is 11.8 Å². The van der Waals surface area contributed by atoms with Crippen molar-refractivity contribution in [1.29, 1.82) is 0 Å². The molecule has 0 fully saturated rings. The Labute approximate surface area is 146 Å². The summed E-state index contributed by atoms with van der Waals surface area (Å²) in [5.74, 6) is 1.12. The summed E-state index contributed by atoms with van der Waals surface area (Å²) >= 11 is 3.46. The molecule has 22 heavy (non-hydrogen) atoms. The third-order valence-corrected chi connectivity index (χ3v) is 4.90. The highest BCUT2D eigenvalue weighted by molar-refractivity contribution is 14.1. The van der Waals surface area contributed by atoms with E-state index in [1.807, 2.05) is 13.8 Å². The molecule has 1 aromatic heterocycles. The van der Waals surface area contributed by atoms with Crippen LogP contribution in [0, 0.1) is 3.57 Å². The monoisotopic (exact) mass is 433 g/mol. The van der Waals surface area contributed by atoms with Gasteiger partial charge in [0.25, 0.3) is 5.91 Å². The molecular weight excluding hydrogens is 417 g/mol. The molecular formula is C14H16IN3O3S. The quantitative estimate of drug-likeness (QED) is 0.731. The minimum Gasteiger partial charge on any atom is -0.493 e. The summed E-state index contributed by atoms with van der Waals surface area (Å²) in [7, 11) is 3.09. The number of amides is 1. The molecule has 0 spiro atoms. The van der Waals surface area contributed by atoms with Crippen LogP contribution in [0.4, 0.5) is 5.13 Å². The van der Waals surface area contributed by atoms with Crippen LogP contribution >= 0.6 is 33.9 Å². The van der Waals surface area contributed by atoms with Crippen molar-refractivity contribution in [2.24, 2.45) is 0 Å². The fraction of sp³-hybridized carbons (Fsp3) is 0.357. The fourth-order valence-corrected chi connectivity index (χ4v) is 3.14. The van der Waals surface area contributed by atoms with E-state index in [1.54, 1.807) is 19.2 Å². The number of carbonyl (C=O) groups excluding carboxylic acids is 1. The first-order valence-electron chi connectivity index (χ1n) is 6.52. The Kier molecular flexibility index (Phi) is 5.57. The lowest BCUT2D eigenvalue weighted by molar-refractivity contribution is 0.102. The maximum Gasteiger partial charge on any atom is 0.258 e. The number of hydrogen-bond acceptors (Lipinski definition) is 6. The maximum absolute atomic E-state index is 12.4. The van der Waals surface area contributed by atoms with Crippen molar-refractivity contribution in [2.75, 3.05) is 19.5 Å². The predicted octanol–water partition coefficient (Wildman–Crippen LogP) is 3.54. The number of hydrogen-bond donors (Lipinski definition) is 1. The average molecular weight is 433 g/mol. The van der Waals surface area contributed by atoms with Crippen LogP contribution in [-0.2, 0) is 0 Å². The lowest BCUT2D eigenvalue weighted by Gasteiger charge is -2.11. The number of nitrogens with one attached hydrogen (secondary N) is 1. The summed E-state index contributed by atoms with van der Waals surface area (Å²) in [4.78, 5) is 12.4. The molecule has 0 saturated heterocycles. The normalized spacial score (nSPS) is 10.6. The Morgan fingerprint density at radius 1 is 1.23 bits per heavy atom. The maximum atomic E-state index is 12.4. The van der Waals surface area contributed by atoms with Crippen LogP contribution < -0.4 is 14.8 Å². The van der Waals surface area contributed by atoms with Crippen molar-refractivity contribution in [3.8, 4) is 11.5 Å². The Morgan fingerprint density at radius 3 is 2.41 bits per heavy atom. The topological polar surface area (TPSA) is 73.3 Å². The Bertz CT molecular complexity index is 688. The summed E-state index contributed by atoms with van der Waals surface area (Å²) in [5, 5.41) is 12.2. The zero-order valence-electron chi connectivity index (χ0n) is 12.6. The van der Waals surface area contributed by atoms with Gasteiger partial charge >= 0.3 is 0 Å². The van der Waals surface area contributed by atoms with Crippen molar-refractivity contribution in [1.82, 2.24) is 10.2 Å². The number of ether oxygens (including phenoxy) is 2. The molecule has 0 aliphatic heterocycles. The zero-order valence-corrected chi connectivity index (χ0v) is 15.6. The first-order valence-corrected chi connectivity index (χ1v) is 8.42. The third kappa shape index (κ3) is 3.67. The van der Waals surface area contributed by atoms with Crippen LogP contribution in [0.1, 0.15) is 35.1 Å². The standard InChI is InChI=1S/C14H16IN3O3S/c1-7(2)13-17-18-14(22-13)16-12(19)8-5-10(20-3)11(21-4)6-9(8)15/h5-7H,1-4H3,(H,16,18,19). The number of halogens is 1. The van der Waals surface area contributed by atoms with Crippen molar-refractivity contribution in [2.45, 2.75) is 19.8 Å². The smallest absolute Gasteiger partial charge is 0.258 e. The van der Waals surface area contributed by atoms with Gasteiger partial charge in [0.1, 0.15) is 5.01 Å². The van der Waals surface area contributed by atoms with E-state index < -0.39 is 0 Å². The molecule has 0 atom stereocenters. The lowest BCUT2D eigenvalue weighted by Crippen LogP contribution is -2.13. The summed E-state index contributed by atoms with van der Waals surface area (Å²) in [6.07, 6.45) is 0.